The molecule has 2 nitrogen and oxygen atoms in total. The van der Waals surface area contributed by atoms with Gasteiger partial charge in [0.2, 0.25) is 0 Å². The van der Waals surface area contributed by atoms with E-state index in [2.05, 4.69) is 0 Å². The second-order valence-electron chi connectivity index (χ2n) is 3.88. The second kappa shape index (κ2) is 5.90. The van der Waals surface area contributed by atoms with E-state index in [0.29, 0.717) is 26.2 Å². The summed E-state index contributed by atoms with van der Waals surface area (Å²) in [6.07, 6.45) is 0. The molecule has 0 aliphatic carbocycles. The molecule has 0 heterocycles. The number of anilines is 1. The Morgan fingerprint density at radius 1 is 1.16 bits per heavy atom. The van der Waals surface area contributed by atoms with E-state index >= 15 is 0 Å². The first kappa shape index (κ1) is 14.3. The van der Waals surface area contributed by atoms with Gasteiger partial charge in [0.05, 0.1) is 26.5 Å². The third-order valence-electron chi connectivity index (χ3n) is 2.52. The number of hydrogen-bond donors (Lipinski definition) is 1. The molecule has 0 bridgehead atoms. The van der Waals surface area contributed by atoms with Crippen LogP contribution in [-0.4, -0.2) is 4.21 Å². The van der Waals surface area contributed by atoms with Gasteiger partial charge in [0.1, 0.15) is 5.82 Å². The van der Waals surface area contributed by atoms with Crippen molar-refractivity contribution in [1.82, 2.24) is 0 Å². The number of nitrogens with two attached hydrogens (primary N) is 1. The first-order valence-electron chi connectivity index (χ1n) is 5.35. The van der Waals surface area contributed by atoms with E-state index in [1.165, 1.54) is 18.2 Å². The fourth-order valence-electron chi connectivity index (χ4n) is 1.63. The molecule has 0 aromatic heterocycles. The lowest BCUT2D eigenvalue weighted by Gasteiger charge is -2.09. The van der Waals surface area contributed by atoms with Crippen molar-refractivity contribution in [2.75, 3.05) is 5.73 Å². The molecule has 0 radical (unpaired) electrons. The highest BCUT2D eigenvalue weighted by atomic mass is 35.5. The van der Waals surface area contributed by atoms with Gasteiger partial charge < -0.3 is 5.73 Å². The van der Waals surface area contributed by atoms with Crippen LogP contribution < -0.4 is 5.73 Å². The number of rotatable bonds is 3. The van der Waals surface area contributed by atoms with Gasteiger partial charge in [-0.3, -0.25) is 4.21 Å². The summed E-state index contributed by atoms with van der Waals surface area (Å²) in [5.74, 6) is -0.367. The lowest BCUT2D eigenvalue weighted by Crippen LogP contribution is -2.02. The SMILES string of the molecule is Nc1cccc(Cl)c1S(=O)Cc1cc(F)ccc1Cl. The zero-order valence-corrected chi connectivity index (χ0v) is 12.0. The van der Waals surface area contributed by atoms with E-state index in [9.17, 15) is 8.60 Å². The quantitative estimate of drug-likeness (QED) is 0.869. The predicted molar refractivity (Wildman–Crippen MR) is 77.4 cm³/mol. The Labute approximate surface area is 122 Å². The lowest BCUT2D eigenvalue weighted by atomic mass is 10.2. The normalized spacial score (nSPS) is 12.4. The van der Waals surface area contributed by atoms with Gasteiger partial charge >= 0.3 is 0 Å². The minimum Gasteiger partial charge on any atom is -0.398 e. The second-order valence-corrected chi connectivity index (χ2v) is 6.09. The molecule has 100 valence electrons. The van der Waals surface area contributed by atoms with Crippen LogP contribution in [-0.2, 0) is 16.6 Å². The van der Waals surface area contributed by atoms with E-state index in [1.54, 1.807) is 18.2 Å². The molecule has 2 aromatic rings. The molecule has 2 rings (SSSR count). The summed E-state index contributed by atoms with van der Waals surface area (Å²) in [7, 11) is -1.48. The maximum atomic E-state index is 13.2. The summed E-state index contributed by atoms with van der Waals surface area (Å²) >= 11 is 11.9. The van der Waals surface area contributed by atoms with E-state index < -0.39 is 16.6 Å². The largest absolute Gasteiger partial charge is 0.398 e. The molecule has 0 aliphatic heterocycles. The molecule has 0 aliphatic rings. The Bertz CT molecular complexity index is 628. The molecule has 0 saturated carbocycles. The Balaban J connectivity index is 2.34. The van der Waals surface area contributed by atoms with Crippen molar-refractivity contribution < 1.29 is 8.60 Å². The third kappa shape index (κ3) is 3.26. The number of benzene rings is 2. The van der Waals surface area contributed by atoms with Crippen LogP contribution in [0.2, 0.25) is 10.0 Å². The summed E-state index contributed by atoms with van der Waals surface area (Å²) < 4.78 is 25.4. The summed E-state index contributed by atoms with van der Waals surface area (Å²) in [6.45, 7) is 0. The monoisotopic (exact) mass is 317 g/mol. The Morgan fingerprint density at radius 2 is 1.89 bits per heavy atom. The van der Waals surface area contributed by atoms with Crippen LogP contribution in [0.3, 0.4) is 0 Å². The standard InChI is InChI=1S/C13H10Cl2FNOS/c14-10-5-4-9(16)6-8(10)7-19(18)13-11(15)2-1-3-12(13)17/h1-6H,7,17H2. The first-order chi connectivity index (χ1) is 8.99. The molecule has 0 saturated heterocycles. The summed E-state index contributed by atoms with van der Waals surface area (Å²) in [6, 6.07) is 8.84. The zero-order chi connectivity index (χ0) is 14.0. The predicted octanol–water partition coefficient (Wildman–Crippen LogP) is 4.02. The lowest BCUT2D eigenvalue weighted by molar-refractivity contribution is 0.626. The average Bonchev–Trinajstić information content (AvgIpc) is 2.33. The van der Waals surface area contributed by atoms with Crippen LogP contribution in [0.1, 0.15) is 5.56 Å². The molecule has 19 heavy (non-hydrogen) atoms. The van der Waals surface area contributed by atoms with Crippen LogP contribution in [0.5, 0.6) is 0 Å². The van der Waals surface area contributed by atoms with Gasteiger partial charge in [0.15, 0.2) is 0 Å². The van der Waals surface area contributed by atoms with Crippen molar-refractivity contribution in [1.29, 1.82) is 0 Å². The van der Waals surface area contributed by atoms with E-state index in [1.807, 2.05) is 0 Å². The van der Waals surface area contributed by atoms with Gasteiger partial charge in [-0.25, -0.2) is 4.39 Å². The van der Waals surface area contributed by atoms with Gasteiger partial charge in [-0.05, 0) is 35.9 Å². The maximum Gasteiger partial charge on any atom is 0.123 e. The highest BCUT2D eigenvalue weighted by Gasteiger charge is 2.14. The topological polar surface area (TPSA) is 43.1 Å². The fourth-order valence-corrected chi connectivity index (χ4v) is 3.62. The summed E-state index contributed by atoms with van der Waals surface area (Å²) in [4.78, 5) is 0.351. The van der Waals surface area contributed by atoms with Gasteiger partial charge in [0, 0.05) is 10.7 Å². The summed E-state index contributed by atoms with van der Waals surface area (Å²) in [5.41, 5.74) is 6.56. The van der Waals surface area contributed by atoms with Crippen LogP contribution in [0.4, 0.5) is 10.1 Å². The van der Waals surface area contributed by atoms with Crippen molar-refractivity contribution in [3.63, 3.8) is 0 Å². The Kier molecular flexibility index (Phi) is 4.45. The molecule has 0 amide bonds. The molecule has 1 atom stereocenters. The Hall–Kier alpha value is -1.10. The van der Waals surface area contributed by atoms with Crippen molar-refractivity contribution in [2.45, 2.75) is 10.6 Å². The summed E-state index contributed by atoms with van der Waals surface area (Å²) in [5, 5.41) is 0.686. The minimum absolute atomic E-state index is 0.0600. The molecular weight excluding hydrogens is 308 g/mol. The van der Waals surface area contributed by atoms with Crippen molar-refractivity contribution in [2.24, 2.45) is 0 Å². The van der Waals surface area contributed by atoms with Crippen LogP contribution in [0.25, 0.3) is 0 Å². The maximum absolute atomic E-state index is 13.2. The van der Waals surface area contributed by atoms with Crippen LogP contribution >= 0.6 is 23.2 Å². The van der Waals surface area contributed by atoms with Gasteiger partial charge in [0.25, 0.3) is 0 Å². The van der Waals surface area contributed by atoms with Crippen LogP contribution in [0.15, 0.2) is 41.3 Å². The first-order valence-corrected chi connectivity index (χ1v) is 7.43. The van der Waals surface area contributed by atoms with Gasteiger partial charge in [-0.2, -0.15) is 0 Å². The zero-order valence-electron chi connectivity index (χ0n) is 9.70. The number of halogens is 3. The fraction of sp³-hybridized carbons (Fsp3) is 0.0769. The van der Waals surface area contributed by atoms with Crippen molar-refractivity contribution in [3.05, 3.63) is 57.8 Å². The van der Waals surface area contributed by atoms with Crippen LogP contribution in [0, 0.1) is 5.82 Å². The third-order valence-corrected chi connectivity index (χ3v) is 4.80. The van der Waals surface area contributed by atoms with Crippen molar-refractivity contribution >= 4 is 39.7 Å². The Morgan fingerprint density at radius 3 is 2.58 bits per heavy atom. The highest BCUT2D eigenvalue weighted by Crippen LogP contribution is 2.29. The number of nitrogen functional groups attached to an aromatic ring is 1. The number of hydrogen-bond acceptors (Lipinski definition) is 2. The van der Waals surface area contributed by atoms with E-state index in [-0.39, 0.29) is 5.75 Å². The highest BCUT2D eigenvalue weighted by molar-refractivity contribution is 7.84. The van der Waals surface area contributed by atoms with Gasteiger partial charge in [-0.1, -0.05) is 29.3 Å². The molecule has 0 fully saturated rings. The molecule has 2 aromatic carbocycles. The van der Waals surface area contributed by atoms with E-state index in [0.717, 1.165) is 0 Å². The van der Waals surface area contributed by atoms with Crippen molar-refractivity contribution in [3.8, 4) is 0 Å². The van der Waals surface area contributed by atoms with Gasteiger partial charge in [-0.15, -0.1) is 0 Å². The smallest absolute Gasteiger partial charge is 0.123 e. The molecule has 0 spiro atoms. The average molecular weight is 318 g/mol. The molecule has 1 unspecified atom stereocenters. The molecular formula is C13H10Cl2FNOS. The molecule has 2 N–H and O–H groups in total. The van der Waals surface area contributed by atoms with E-state index in [4.69, 9.17) is 28.9 Å². The molecule has 6 heteroatoms. The minimum atomic E-state index is -1.48.